The molecule has 1 aromatic rings. The Morgan fingerprint density at radius 1 is 0.857 bits per heavy atom. The van der Waals surface area contributed by atoms with Gasteiger partial charge in [-0.15, -0.1) is 0 Å². The summed E-state index contributed by atoms with van der Waals surface area (Å²) in [5.41, 5.74) is 3.02. The predicted octanol–water partition coefficient (Wildman–Crippen LogP) is 5.33. The molecule has 0 radical (unpaired) electrons. The Bertz CT molecular complexity index is 1490. The Balaban J connectivity index is 0.00000159. The first kappa shape index (κ1) is 50.2. The fourth-order valence-corrected chi connectivity index (χ4v) is 7.42. The predicted molar refractivity (Wildman–Crippen MR) is 225 cm³/mol. The lowest BCUT2D eigenvalue weighted by Crippen LogP contribution is -2.61. The van der Waals surface area contributed by atoms with Crippen molar-refractivity contribution in [3.05, 3.63) is 26.0 Å². The van der Waals surface area contributed by atoms with E-state index in [1.165, 1.54) is 6.92 Å². The van der Waals surface area contributed by atoms with E-state index in [0.717, 1.165) is 50.9 Å². The summed E-state index contributed by atoms with van der Waals surface area (Å²) in [5.74, 6) is 0.759. The number of likely N-dealkylation sites (tertiary alicyclic amines) is 1. The van der Waals surface area contributed by atoms with Crippen LogP contribution in [0.2, 0.25) is 0 Å². The number of nitrogens with zero attached hydrogens (tertiary/aromatic N) is 2. The fourth-order valence-electron chi connectivity index (χ4n) is 7.42. The normalized spacial score (nSPS) is 18.8. The number of nitrogens with one attached hydrogen (secondary N) is 3. The van der Waals surface area contributed by atoms with Crippen molar-refractivity contribution in [1.82, 2.24) is 20.9 Å². The van der Waals surface area contributed by atoms with Crippen LogP contribution in [0.4, 0.5) is 10.5 Å². The summed E-state index contributed by atoms with van der Waals surface area (Å²) in [6.07, 6.45) is 9.28. The largest absolute Gasteiger partial charge is 0.372 e. The molecule has 1 aliphatic heterocycles. The fraction of sp³-hybridized carbons (Fsp3) is 0.791. The minimum atomic E-state index is -0.906. The summed E-state index contributed by atoms with van der Waals surface area (Å²) >= 11 is 0. The zero-order valence-electron chi connectivity index (χ0n) is 36.9. The van der Waals surface area contributed by atoms with Crippen LogP contribution in [0.25, 0.3) is 0 Å². The van der Waals surface area contributed by atoms with E-state index < -0.39 is 45.8 Å². The van der Waals surface area contributed by atoms with Crippen molar-refractivity contribution in [2.45, 2.75) is 177 Å². The maximum Gasteiger partial charge on any atom is 0.315 e. The van der Waals surface area contributed by atoms with E-state index in [-0.39, 0.29) is 36.0 Å². The highest BCUT2D eigenvalue weighted by molar-refractivity contribution is 5.94. The summed E-state index contributed by atoms with van der Waals surface area (Å²) < 4.78 is 0. The number of Topliss-reactive ketones (excluding diaryl/α,β-unsaturated/α-hetero) is 1. The highest BCUT2D eigenvalue weighted by Crippen LogP contribution is 2.34. The molecule has 56 heavy (non-hydrogen) atoms. The van der Waals surface area contributed by atoms with Crippen LogP contribution in [0.1, 0.15) is 153 Å². The number of hydrogen-bond donors (Lipinski definition) is 4. The van der Waals surface area contributed by atoms with Crippen LogP contribution in [0.3, 0.4) is 0 Å². The summed E-state index contributed by atoms with van der Waals surface area (Å²) in [6, 6.07) is -2.95. The van der Waals surface area contributed by atoms with E-state index >= 15 is 0 Å². The monoisotopic (exact) mass is 789 g/mol. The van der Waals surface area contributed by atoms with Gasteiger partial charge in [0.25, 0.3) is 0 Å². The second-order valence-corrected chi connectivity index (χ2v) is 18.3. The number of ketones is 1. The van der Waals surface area contributed by atoms with Gasteiger partial charge in [0.2, 0.25) is 29.1 Å². The number of primary amides is 1. The van der Waals surface area contributed by atoms with Gasteiger partial charge in [-0.05, 0) is 67.6 Å². The third-order valence-electron chi connectivity index (χ3n) is 10.3. The Morgan fingerprint density at radius 2 is 1.39 bits per heavy atom. The third-order valence-corrected chi connectivity index (χ3v) is 10.3. The molecule has 320 valence electrons. The van der Waals surface area contributed by atoms with E-state index in [0.29, 0.717) is 49.5 Å². The number of anilines is 1. The van der Waals surface area contributed by atoms with Crippen molar-refractivity contribution in [1.29, 1.82) is 0 Å². The van der Waals surface area contributed by atoms with Gasteiger partial charge in [0, 0.05) is 25.7 Å². The smallest absolute Gasteiger partial charge is 0.315 e. The molecule has 1 saturated heterocycles. The summed E-state index contributed by atoms with van der Waals surface area (Å²) in [7, 11) is 1.79. The molecule has 3 fully saturated rings. The zero-order chi connectivity index (χ0) is 43.1. The molecule has 1 heterocycles. The molecule has 13 heteroatoms. The molecule has 3 aliphatic rings. The standard InChI is InChI=1S/C36H57N5O6.C4H10.C2H6.CH3NO/c1-21(42)24(19-22-16-17-22)37-32(45)26-15-12-18-41(26)33(46)31(36(5,6)7)39-34(47)38-25(23-13-10-9-11-14-23)20-40(8)28-27(35(2,3)4)29(43)30(28)44;1-4(2)3;1-2;2-1-3/h22-26,31H,9-20H2,1-8H3,(H,37,45)(H2,38,39,47);4H,1-3H3;1-2H3;1H,(H2,2,3). The van der Waals surface area contributed by atoms with Crippen LogP contribution in [-0.2, 0) is 24.6 Å². The number of rotatable bonds is 12. The molecular weight excluding hydrogens is 713 g/mol. The molecule has 4 rings (SSSR count). The molecule has 2 saturated carbocycles. The lowest BCUT2D eigenvalue weighted by molar-refractivity contribution is -0.142. The van der Waals surface area contributed by atoms with Crippen LogP contribution < -0.4 is 37.4 Å². The molecule has 13 nitrogen and oxygen atoms in total. The number of likely N-dealkylation sites (N-methyl/N-ethyl adjacent to an activating group) is 1. The molecule has 4 unspecified atom stereocenters. The van der Waals surface area contributed by atoms with E-state index in [9.17, 15) is 28.8 Å². The SMILES string of the molecule is CC.CC(=O)C(CC1CC1)NC(=O)C1CCCN1C(=O)C(NC(=O)NC(CN(C)c1c(C(C)(C)C)c(=O)c1=O)C1CCCCC1)C(C)(C)C.CC(C)C.NC=O. The average Bonchev–Trinajstić information content (AvgIpc) is 3.79. The van der Waals surface area contributed by atoms with Crippen LogP contribution in [0.15, 0.2) is 9.59 Å². The molecule has 0 bridgehead atoms. The van der Waals surface area contributed by atoms with Gasteiger partial charge in [0.1, 0.15) is 12.1 Å². The third kappa shape index (κ3) is 15.3. The zero-order valence-corrected chi connectivity index (χ0v) is 36.9. The van der Waals surface area contributed by atoms with Crippen molar-refractivity contribution < 1.29 is 24.0 Å². The van der Waals surface area contributed by atoms with Crippen LogP contribution >= 0.6 is 0 Å². The molecule has 4 atom stereocenters. The molecule has 0 aromatic heterocycles. The molecule has 0 spiro atoms. The van der Waals surface area contributed by atoms with Gasteiger partial charge in [-0.1, -0.05) is 108 Å². The quantitative estimate of drug-likeness (QED) is 0.162. The van der Waals surface area contributed by atoms with Gasteiger partial charge in [0.05, 0.1) is 17.8 Å². The van der Waals surface area contributed by atoms with E-state index in [1.807, 2.05) is 55.4 Å². The first-order chi connectivity index (χ1) is 26.0. The van der Waals surface area contributed by atoms with Crippen LogP contribution in [-0.4, -0.2) is 79.2 Å². The second kappa shape index (κ2) is 22.8. The number of urea groups is 1. The van der Waals surface area contributed by atoms with Gasteiger partial charge in [-0.25, -0.2) is 4.79 Å². The molecule has 1 aromatic carbocycles. The number of carbonyl (C=O) groups excluding carboxylic acids is 5. The minimum absolute atomic E-state index is 0.0793. The minimum Gasteiger partial charge on any atom is -0.372 e. The number of amides is 5. The van der Waals surface area contributed by atoms with E-state index in [1.54, 1.807) is 16.8 Å². The lowest BCUT2D eigenvalue weighted by atomic mass is 9.81. The number of hydrogen-bond acceptors (Lipinski definition) is 8. The van der Waals surface area contributed by atoms with E-state index in [2.05, 4.69) is 42.5 Å². The topological polar surface area (TPSA) is 188 Å². The molecule has 5 N–H and O–H groups in total. The molecule has 5 amide bonds. The number of nitrogens with two attached hydrogens (primary N) is 1. The van der Waals surface area contributed by atoms with Crippen molar-refractivity contribution in [2.75, 3.05) is 25.0 Å². The highest BCUT2D eigenvalue weighted by atomic mass is 16.2. The van der Waals surface area contributed by atoms with Crippen LogP contribution in [0.5, 0.6) is 0 Å². The van der Waals surface area contributed by atoms with Crippen molar-refractivity contribution in [2.24, 2.45) is 28.9 Å². The van der Waals surface area contributed by atoms with Crippen molar-refractivity contribution in [3.8, 4) is 0 Å². The van der Waals surface area contributed by atoms with Crippen LogP contribution in [0, 0.1) is 23.2 Å². The lowest BCUT2D eigenvalue weighted by Gasteiger charge is -2.38. The Labute approximate surface area is 336 Å². The average molecular weight is 789 g/mol. The first-order valence-corrected chi connectivity index (χ1v) is 20.9. The van der Waals surface area contributed by atoms with Gasteiger partial charge in [-0.2, -0.15) is 0 Å². The Hall–Kier alpha value is -3.77. The number of carbonyl (C=O) groups is 5. The highest BCUT2D eigenvalue weighted by Gasteiger charge is 2.43. The van der Waals surface area contributed by atoms with Gasteiger partial charge in [0.15, 0.2) is 5.78 Å². The van der Waals surface area contributed by atoms with Crippen molar-refractivity contribution >= 4 is 35.7 Å². The van der Waals surface area contributed by atoms with Gasteiger partial charge < -0.3 is 31.5 Å². The van der Waals surface area contributed by atoms with Gasteiger partial charge in [-0.3, -0.25) is 28.8 Å². The summed E-state index contributed by atoms with van der Waals surface area (Å²) in [4.78, 5) is 90.6. The molecular formula is C43H76N6O7. The van der Waals surface area contributed by atoms with E-state index in [4.69, 9.17) is 4.79 Å². The summed E-state index contributed by atoms with van der Waals surface area (Å²) in [5, 5.41) is 9.02. The Morgan fingerprint density at radius 3 is 1.86 bits per heavy atom. The Kier molecular flexibility index (Phi) is 20.5. The second-order valence-electron chi connectivity index (χ2n) is 18.3. The summed E-state index contributed by atoms with van der Waals surface area (Å²) in [6.45, 7) is 24.1. The first-order valence-electron chi connectivity index (χ1n) is 20.9. The van der Waals surface area contributed by atoms with Gasteiger partial charge >= 0.3 is 6.03 Å². The molecule has 2 aliphatic carbocycles. The van der Waals surface area contributed by atoms with Crippen molar-refractivity contribution in [3.63, 3.8) is 0 Å². The maximum absolute atomic E-state index is 14.1. The maximum atomic E-state index is 14.1.